The molecule has 1 fully saturated rings. The van der Waals surface area contributed by atoms with E-state index >= 15 is 0 Å². The van der Waals surface area contributed by atoms with Gasteiger partial charge in [-0.1, -0.05) is 18.6 Å². The van der Waals surface area contributed by atoms with Crippen LogP contribution in [0.1, 0.15) is 24.8 Å². The van der Waals surface area contributed by atoms with Crippen LogP contribution >= 0.6 is 0 Å². The van der Waals surface area contributed by atoms with Crippen molar-refractivity contribution in [3.05, 3.63) is 35.6 Å². The summed E-state index contributed by atoms with van der Waals surface area (Å²) in [4.78, 5) is 4.31. The second-order valence-corrected chi connectivity index (χ2v) is 4.83. The fourth-order valence-corrected chi connectivity index (χ4v) is 1.94. The minimum Gasteiger partial charge on any atom is -0.370 e. The van der Waals surface area contributed by atoms with Crippen LogP contribution in [0.3, 0.4) is 0 Å². The van der Waals surface area contributed by atoms with Crippen molar-refractivity contribution in [2.24, 2.45) is 16.6 Å². The largest absolute Gasteiger partial charge is 0.370 e. The summed E-state index contributed by atoms with van der Waals surface area (Å²) in [6.07, 6.45) is 4.72. The van der Waals surface area contributed by atoms with Gasteiger partial charge in [-0.3, -0.25) is 4.99 Å². The third kappa shape index (κ3) is 4.02. The van der Waals surface area contributed by atoms with Crippen LogP contribution in [0.15, 0.2) is 29.3 Å². The summed E-state index contributed by atoms with van der Waals surface area (Å²) in [7, 11) is 0. The Morgan fingerprint density at radius 2 is 2.06 bits per heavy atom. The molecule has 0 aromatic heterocycles. The van der Waals surface area contributed by atoms with E-state index in [1.807, 2.05) is 0 Å². The highest BCUT2D eigenvalue weighted by Gasteiger charge is 2.16. The second kappa shape index (κ2) is 6.38. The topological polar surface area (TPSA) is 50.4 Å². The van der Waals surface area contributed by atoms with Crippen molar-refractivity contribution in [3.63, 3.8) is 0 Å². The molecule has 0 radical (unpaired) electrons. The Morgan fingerprint density at radius 3 is 2.67 bits per heavy atom. The van der Waals surface area contributed by atoms with Crippen LogP contribution < -0.4 is 11.1 Å². The normalized spacial score (nSPS) is 16.4. The molecule has 0 bridgehead atoms. The standard InChI is InChI=1S/C14H20FN3/c15-13-6-4-11(5-7-13)8-9-17-14(16)18-10-12-2-1-3-12/h4-7,12H,1-3,8-10H2,(H3,16,17,18). The monoisotopic (exact) mass is 249 g/mol. The first-order valence-corrected chi connectivity index (χ1v) is 6.52. The summed E-state index contributed by atoms with van der Waals surface area (Å²) in [5.74, 6) is 1.06. The second-order valence-electron chi connectivity index (χ2n) is 4.83. The number of rotatable bonds is 5. The zero-order valence-corrected chi connectivity index (χ0v) is 10.5. The van der Waals surface area contributed by atoms with E-state index < -0.39 is 0 Å². The van der Waals surface area contributed by atoms with Gasteiger partial charge in [-0.15, -0.1) is 0 Å². The lowest BCUT2D eigenvalue weighted by Gasteiger charge is -2.23. The predicted octanol–water partition coefficient (Wildman–Crippen LogP) is 2.07. The molecule has 3 nitrogen and oxygen atoms in total. The van der Waals surface area contributed by atoms with Gasteiger partial charge in [0.1, 0.15) is 5.82 Å². The van der Waals surface area contributed by atoms with Gasteiger partial charge in [0.25, 0.3) is 0 Å². The third-order valence-electron chi connectivity index (χ3n) is 3.38. The molecule has 1 saturated carbocycles. The van der Waals surface area contributed by atoms with Crippen LogP contribution in [-0.4, -0.2) is 19.0 Å². The molecule has 0 spiro atoms. The van der Waals surface area contributed by atoms with Crippen molar-refractivity contribution in [1.29, 1.82) is 0 Å². The van der Waals surface area contributed by atoms with Crippen LogP contribution in [0.2, 0.25) is 0 Å². The fraction of sp³-hybridized carbons (Fsp3) is 0.500. The van der Waals surface area contributed by atoms with E-state index in [0.29, 0.717) is 5.96 Å². The maximum atomic E-state index is 12.7. The van der Waals surface area contributed by atoms with Gasteiger partial charge in [0.2, 0.25) is 0 Å². The van der Waals surface area contributed by atoms with Gasteiger partial charge in [0.05, 0.1) is 0 Å². The molecule has 3 N–H and O–H groups in total. The van der Waals surface area contributed by atoms with E-state index in [2.05, 4.69) is 10.3 Å². The Labute approximate surface area is 107 Å². The van der Waals surface area contributed by atoms with E-state index in [0.717, 1.165) is 31.0 Å². The van der Waals surface area contributed by atoms with Crippen LogP contribution in [0, 0.1) is 11.7 Å². The SMILES string of the molecule is NC(=NCC1CCC1)NCCc1ccc(F)cc1. The molecule has 4 heteroatoms. The van der Waals surface area contributed by atoms with E-state index in [1.165, 1.54) is 31.4 Å². The van der Waals surface area contributed by atoms with Crippen molar-refractivity contribution < 1.29 is 4.39 Å². The predicted molar refractivity (Wildman–Crippen MR) is 71.9 cm³/mol. The molecule has 0 saturated heterocycles. The quantitative estimate of drug-likeness (QED) is 0.620. The van der Waals surface area contributed by atoms with Gasteiger partial charge >= 0.3 is 0 Å². The first-order chi connectivity index (χ1) is 8.74. The third-order valence-corrected chi connectivity index (χ3v) is 3.38. The zero-order chi connectivity index (χ0) is 12.8. The number of guanidine groups is 1. The lowest BCUT2D eigenvalue weighted by atomic mass is 9.86. The van der Waals surface area contributed by atoms with Crippen LogP contribution in [0.4, 0.5) is 4.39 Å². The van der Waals surface area contributed by atoms with Crippen molar-refractivity contribution in [2.75, 3.05) is 13.1 Å². The first kappa shape index (κ1) is 12.9. The number of benzene rings is 1. The van der Waals surface area contributed by atoms with Gasteiger partial charge in [-0.2, -0.15) is 0 Å². The molecular formula is C14H20FN3. The average Bonchev–Trinajstić information content (AvgIpc) is 2.30. The molecule has 0 amide bonds. The molecule has 0 atom stereocenters. The Kier molecular flexibility index (Phi) is 4.56. The summed E-state index contributed by atoms with van der Waals surface area (Å²) in [6.45, 7) is 1.57. The van der Waals surface area contributed by atoms with Crippen LogP contribution in [0.25, 0.3) is 0 Å². The van der Waals surface area contributed by atoms with Crippen molar-refractivity contribution >= 4 is 5.96 Å². The Bertz CT molecular complexity index is 396. The maximum Gasteiger partial charge on any atom is 0.188 e. The Balaban J connectivity index is 1.66. The van der Waals surface area contributed by atoms with Crippen molar-refractivity contribution in [1.82, 2.24) is 5.32 Å². The van der Waals surface area contributed by atoms with Crippen molar-refractivity contribution in [3.8, 4) is 0 Å². The first-order valence-electron chi connectivity index (χ1n) is 6.52. The summed E-state index contributed by atoms with van der Waals surface area (Å²) in [6, 6.07) is 6.53. The lowest BCUT2D eigenvalue weighted by molar-refractivity contribution is 0.326. The van der Waals surface area contributed by atoms with Gasteiger partial charge in [-0.25, -0.2) is 4.39 Å². The molecule has 1 aliphatic rings. The number of hydrogen-bond acceptors (Lipinski definition) is 1. The fourth-order valence-electron chi connectivity index (χ4n) is 1.94. The number of aliphatic imine (C=N–C) groups is 1. The maximum absolute atomic E-state index is 12.7. The average molecular weight is 249 g/mol. The van der Waals surface area contributed by atoms with Crippen LogP contribution in [-0.2, 0) is 6.42 Å². The molecule has 2 rings (SSSR count). The van der Waals surface area contributed by atoms with E-state index in [4.69, 9.17) is 5.73 Å². The molecular weight excluding hydrogens is 229 g/mol. The summed E-state index contributed by atoms with van der Waals surface area (Å²) >= 11 is 0. The molecule has 1 aliphatic carbocycles. The molecule has 0 aliphatic heterocycles. The number of hydrogen-bond donors (Lipinski definition) is 2. The molecule has 18 heavy (non-hydrogen) atoms. The highest BCUT2D eigenvalue weighted by molar-refractivity contribution is 5.77. The van der Waals surface area contributed by atoms with Gasteiger partial charge in [0, 0.05) is 13.1 Å². The zero-order valence-electron chi connectivity index (χ0n) is 10.5. The smallest absolute Gasteiger partial charge is 0.188 e. The Morgan fingerprint density at radius 1 is 1.33 bits per heavy atom. The van der Waals surface area contributed by atoms with Crippen molar-refractivity contribution in [2.45, 2.75) is 25.7 Å². The minimum atomic E-state index is -0.201. The minimum absolute atomic E-state index is 0.201. The molecule has 1 aromatic rings. The number of halogens is 1. The summed E-state index contributed by atoms with van der Waals surface area (Å²) < 4.78 is 12.7. The summed E-state index contributed by atoms with van der Waals surface area (Å²) in [5, 5.41) is 3.08. The molecule has 0 unspecified atom stereocenters. The molecule has 0 heterocycles. The van der Waals surface area contributed by atoms with Crippen LogP contribution in [0.5, 0.6) is 0 Å². The lowest BCUT2D eigenvalue weighted by Crippen LogP contribution is -2.34. The number of nitrogens with two attached hydrogens (primary N) is 1. The van der Waals surface area contributed by atoms with Gasteiger partial charge in [0.15, 0.2) is 5.96 Å². The number of nitrogens with zero attached hydrogens (tertiary/aromatic N) is 1. The molecule has 1 aromatic carbocycles. The number of nitrogens with one attached hydrogen (secondary N) is 1. The highest BCUT2D eigenvalue weighted by atomic mass is 19.1. The van der Waals surface area contributed by atoms with E-state index in [-0.39, 0.29) is 5.82 Å². The van der Waals surface area contributed by atoms with Gasteiger partial charge in [-0.05, 0) is 42.9 Å². The highest BCUT2D eigenvalue weighted by Crippen LogP contribution is 2.26. The molecule has 98 valence electrons. The van der Waals surface area contributed by atoms with E-state index in [1.54, 1.807) is 12.1 Å². The van der Waals surface area contributed by atoms with E-state index in [9.17, 15) is 4.39 Å². The summed E-state index contributed by atoms with van der Waals surface area (Å²) in [5.41, 5.74) is 6.86. The Hall–Kier alpha value is -1.58. The van der Waals surface area contributed by atoms with Gasteiger partial charge < -0.3 is 11.1 Å².